The molecule has 0 spiro atoms. The van der Waals surface area contributed by atoms with Crippen molar-refractivity contribution < 1.29 is 9.59 Å². The highest BCUT2D eigenvalue weighted by molar-refractivity contribution is 6.30. The SMILES string of the molecule is O=C(CC1C(=O)Nc2ccccc21)c1ccc(Cl)cc1. The Morgan fingerprint density at radius 1 is 1.10 bits per heavy atom. The number of amides is 1. The lowest BCUT2D eigenvalue weighted by Gasteiger charge is -2.08. The van der Waals surface area contributed by atoms with Crippen LogP contribution >= 0.6 is 11.6 Å². The van der Waals surface area contributed by atoms with Crippen LogP contribution in [-0.4, -0.2) is 11.7 Å². The van der Waals surface area contributed by atoms with E-state index in [-0.39, 0.29) is 18.1 Å². The predicted molar refractivity (Wildman–Crippen MR) is 78.2 cm³/mol. The van der Waals surface area contributed by atoms with Crippen molar-refractivity contribution in [3.8, 4) is 0 Å². The molecule has 1 aliphatic heterocycles. The van der Waals surface area contributed by atoms with Crippen LogP contribution < -0.4 is 5.32 Å². The third kappa shape index (κ3) is 2.32. The average molecular weight is 286 g/mol. The maximum Gasteiger partial charge on any atom is 0.232 e. The summed E-state index contributed by atoms with van der Waals surface area (Å²) in [6, 6.07) is 14.2. The number of Topliss-reactive ketones (excluding diaryl/α,β-unsaturated/α-hetero) is 1. The monoisotopic (exact) mass is 285 g/mol. The first kappa shape index (κ1) is 12.9. The van der Waals surface area contributed by atoms with E-state index in [2.05, 4.69) is 5.32 Å². The first-order chi connectivity index (χ1) is 9.65. The molecule has 1 aliphatic rings. The quantitative estimate of drug-likeness (QED) is 0.875. The number of para-hydroxylation sites is 1. The van der Waals surface area contributed by atoms with E-state index in [0.717, 1.165) is 11.3 Å². The minimum absolute atomic E-state index is 0.0569. The summed E-state index contributed by atoms with van der Waals surface area (Å²) in [4.78, 5) is 24.2. The van der Waals surface area contributed by atoms with Gasteiger partial charge in [-0.3, -0.25) is 9.59 Å². The van der Waals surface area contributed by atoms with Gasteiger partial charge in [-0.05, 0) is 35.9 Å². The Morgan fingerprint density at radius 3 is 2.55 bits per heavy atom. The van der Waals surface area contributed by atoms with Crippen LogP contribution in [0, 0.1) is 0 Å². The minimum Gasteiger partial charge on any atom is -0.325 e. The van der Waals surface area contributed by atoms with Gasteiger partial charge in [0.2, 0.25) is 5.91 Å². The van der Waals surface area contributed by atoms with Gasteiger partial charge in [0.1, 0.15) is 0 Å². The van der Waals surface area contributed by atoms with Crippen molar-refractivity contribution in [1.29, 1.82) is 0 Å². The summed E-state index contributed by atoms with van der Waals surface area (Å²) in [6.45, 7) is 0. The molecular formula is C16H12ClNO2. The largest absolute Gasteiger partial charge is 0.325 e. The molecule has 100 valence electrons. The lowest BCUT2D eigenvalue weighted by molar-refractivity contribution is -0.117. The number of ketones is 1. The molecule has 3 rings (SSSR count). The summed E-state index contributed by atoms with van der Waals surface area (Å²) in [5.41, 5.74) is 2.26. The molecule has 0 aromatic heterocycles. The van der Waals surface area contributed by atoms with Gasteiger partial charge in [0.15, 0.2) is 5.78 Å². The number of carbonyl (C=O) groups excluding carboxylic acids is 2. The summed E-state index contributed by atoms with van der Waals surface area (Å²) >= 11 is 5.80. The number of hydrogen-bond acceptors (Lipinski definition) is 2. The highest BCUT2D eigenvalue weighted by Gasteiger charge is 2.31. The number of anilines is 1. The van der Waals surface area contributed by atoms with Gasteiger partial charge in [-0.25, -0.2) is 0 Å². The van der Waals surface area contributed by atoms with Crippen LogP contribution in [0.25, 0.3) is 0 Å². The van der Waals surface area contributed by atoms with E-state index in [9.17, 15) is 9.59 Å². The van der Waals surface area contributed by atoms with Gasteiger partial charge in [-0.15, -0.1) is 0 Å². The van der Waals surface area contributed by atoms with Crippen LogP contribution in [0.5, 0.6) is 0 Å². The molecule has 3 nitrogen and oxygen atoms in total. The molecule has 2 aromatic rings. The van der Waals surface area contributed by atoms with E-state index in [1.807, 2.05) is 24.3 Å². The van der Waals surface area contributed by atoms with Crippen LogP contribution in [-0.2, 0) is 4.79 Å². The van der Waals surface area contributed by atoms with Crippen LogP contribution in [0.2, 0.25) is 5.02 Å². The molecule has 1 heterocycles. The number of nitrogens with one attached hydrogen (secondary N) is 1. The van der Waals surface area contributed by atoms with E-state index in [0.29, 0.717) is 10.6 Å². The number of rotatable bonds is 3. The minimum atomic E-state index is -0.408. The fraction of sp³-hybridized carbons (Fsp3) is 0.125. The summed E-state index contributed by atoms with van der Waals surface area (Å²) in [7, 11) is 0. The molecule has 0 radical (unpaired) electrons. The standard InChI is InChI=1S/C16H12ClNO2/c17-11-7-5-10(6-8-11)15(19)9-13-12-3-1-2-4-14(12)18-16(13)20/h1-8,13H,9H2,(H,18,20). The van der Waals surface area contributed by atoms with Crippen molar-refractivity contribution in [2.75, 3.05) is 5.32 Å². The number of benzene rings is 2. The summed E-state index contributed by atoms with van der Waals surface area (Å²) in [5.74, 6) is -0.582. The normalized spacial score (nSPS) is 16.6. The first-order valence-corrected chi connectivity index (χ1v) is 6.71. The van der Waals surface area contributed by atoms with E-state index < -0.39 is 5.92 Å². The number of fused-ring (bicyclic) bond motifs is 1. The van der Waals surface area contributed by atoms with Gasteiger partial charge in [-0.2, -0.15) is 0 Å². The van der Waals surface area contributed by atoms with Gasteiger partial charge < -0.3 is 5.32 Å². The zero-order valence-corrected chi connectivity index (χ0v) is 11.4. The molecule has 0 fully saturated rings. The second-order valence-corrected chi connectivity index (χ2v) is 5.20. The molecule has 0 aliphatic carbocycles. The highest BCUT2D eigenvalue weighted by atomic mass is 35.5. The van der Waals surface area contributed by atoms with E-state index in [1.165, 1.54) is 0 Å². The molecule has 2 aromatic carbocycles. The third-order valence-corrected chi connectivity index (χ3v) is 3.72. The van der Waals surface area contributed by atoms with E-state index >= 15 is 0 Å². The smallest absolute Gasteiger partial charge is 0.232 e. The van der Waals surface area contributed by atoms with E-state index in [1.54, 1.807) is 24.3 Å². The maximum atomic E-state index is 12.2. The van der Waals surface area contributed by atoms with Crippen LogP contribution in [0.1, 0.15) is 28.3 Å². The molecule has 0 saturated carbocycles. The van der Waals surface area contributed by atoms with E-state index in [4.69, 9.17) is 11.6 Å². The summed E-state index contributed by atoms with van der Waals surface area (Å²) < 4.78 is 0. The maximum absolute atomic E-state index is 12.2. The zero-order chi connectivity index (χ0) is 14.1. The molecule has 0 saturated heterocycles. The molecule has 1 amide bonds. The molecular weight excluding hydrogens is 274 g/mol. The third-order valence-electron chi connectivity index (χ3n) is 3.47. The van der Waals surface area contributed by atoms with Gasteiger partial charge in [0.05, 0.1) is 5.92 Å². The lowest BCUT2D eigenvalue weighted by atomic mass is 9.93. The number of halogens is 1. The van der Waals surface area contributed by atoms with Crippen LogP contribution in [0.3, 0.4) is 0 Å². The predicted octanol–water partition coefficient (Wildman–Crippen LogP) is 3.65. The van der Waals surface area contributed by atoms with Gasteiger partial charge in [0.25, 0.3) is 0 Å². The Balaban J connectivity index is 1.83. The second kappa shape index (κ2) is 5.10. The molecule has 1 N–H and O–H groups in total. The second-order valence-electron chi connectivity index (χ2n) is 4.76. The Labute approximate surface area is 121 Å². The van der Waals surface area contributed by atoms with Crippen molar-refractivity contribution >= 4 is 29.0 Å². The molecule has 20 heavy (non-hydrogen) atoms. The van der Waals surface area contributed by atoms with Crippen molar-refractivity contribution in [3.05, 3.63) is 64.7 Å². The van der Waals surface area contributed by atoms with Gasteiger partial charge in [0, 0.05) is 22.7 Å². The number of carbonyl (C=O) groups is 2. The molecule has 4 heteroatoms. The summed E-state index contributed by atoms with van der Waals surface area (Å²) in [6.07, 6.45) is 0.171. The van der Waals surface area contributed by atoms with Crippen molar-refractivity contribution in [1.82, 2.24) is 0 Å². The van der Waals surface area contributed by atoms with Crippen molar-refractivity contribution in [2.24, 2.45) is 0 Å². The molecule has 1 atom stereocenters. The first-order valence-electron chi connectivity index (χ1n) is 6.34. The Morgan fingerprint density at radius 2 is 1.80 bits per heavy atom. The molecule has 1 unspecified atom stereocenters. The Hall–Kier alpha value is -2.13. The highest BCUT2D eigenvalue weighted by Crippen LogP contribution is 2.35. The summed E-state index contributed by atoms with van der Waals surface area (Å²) in [5, 5.41) is 3.39. The zero-order valence-electron chi connectivity index (χ0n) is 10.6. The van der Waals surface area contributed by atoms with Gasteiger partial charge >= 0.3 is 0 Å². The van der Waals surface area contributed by atoms with Crippen molar-refractivity contribution in [2.45, 2.75) is 12.3 Å². The lowest BCUT2D eigenvalue weighted by Crippen LogP contribution is -2.16. The Bertz CT molecular complexity index is 679. The fourth-order valence-corrected chi connectivity index (χ4v) is 2.54. The average Bonchev–Trinajstić information content (AvgIpc) is 2.76. The number of hydrogen-bond donors (Lipinski definition) is 1. The van der Waals surface area contributed by atoms with Crippen LogP contribution in [0.15, 0.2) is 48.5 Å². The Kier molecular flexibility index (Phi) is 3.28. The van der Waals surface area contributed by atoms with Gasteiger partial charge in [-0.1, -0.05) is 29.8 Å². The van der Waals surface area contributed by atoms with Crippen molar-refractivity contribution in [3.63, 3.8) is 0 Å². The topological polar surface area (TPSA) is 46.2 Å². The molecule has 0 bridgehead atoms. The fourth-order valence-electron chi connectivity index (χ4n) is 2.42. The van der Waals surface area contributed by atoms with Crippen LogP contribution in [0.4, 0.5) is 5.69 Å².